The third-order valence-electron chi connectivity index (χ3n) is 3.71. The lowest BCUT2D eigenvalue weighted by Gasteiger charge is -2.25. The fourth-order valence-corrected chi connectivity index (χ4v) is 2.67. The number of rotatable bonds is 6. The Labute approximate surface area is 132 Å². The molecule has 0 aliphatic heterocycles. The van der Waals surface area contributed by atoms with E-state index in [0.29, 0.717) is 17.5 Å². The van der Waals surface area contributed by atoms with E-state index in [1.165, 1.54) is 0 Å². The van der Waals surface area contributed by atoms with Gasteiger partial charge in [0.25, 0.3) is 0 Å². The van der Waals surface area contributed by atoms with E-state index in [-0.39, 0.29) is 11.8 Å². The van der Waals surface area contributed by atoms with Gasteiger partial charge in [-0.05, 0) is 42.0 Å². The monoisotopic (exact) mass is 313 g/mol. The van der Waals surface area contributed by atoms with Crippen LogP contribution in [-0.2, 0) is 0 Å². The molecule has 2 unspecified atom stereocenters. The number of hydrogen-bond acceptors (Lipinski definition) is 2. The minimum Gasteiger partial charge on any atom is -0.493 e. The molecule has 0 saturated carbocycles. The van der Waals surface area contributed by atoms with Gasteiger partial charge in [0.1, 0.15) is 5.75 Å². The number of benzene rings is 1. The van der Waals surface area contributed by atoms with Crippen LogP contribution in [0, 0.1) is 5.92 Å². The van der Waals surface area contributed by atoms with Crippen LogP contribution >= 0.6 is 23.8 Å². The van der Waals surface area contributed by atoms with Crippen molar-refractivity contribution in [1.29, 1.82) is 0 Å². The van der Waals surface area contributed by atoms with E-state index < -0.39 is 0 Å². The van der Waals surface area contributed by atoms with E-state index >= 15 is 0 Å². The van der Waals surface area contributed by atoms with Gasteiger partial charge in [0.15, 0.2) is 0 Å². The largest absolute Gasteiger partial charge is 0.493 e. The standard InChI is InChI=1S/C16H24ClNOS/c1-6-19-15-13(9(2)3)7-12(17)8-14(15)10(4)11(5)16(18)20/h7-11H,6H2,1-5H3,(H2,18,20). The van der Waals surface area contributed by atoms with Crippen molar-refractivity contribution in [1.82, 2.24) is 0 Å². The fourth-order valence-electron chi connectivity index (χ4n) is 2.23. The summed E-state index contributed by atoms with van der Waals surface area (Å²) >= 11 is 11.4. The molecule has 0 amide bonds. The summed E-state index contributed by atoms with van der Waals surface area (Å²) in [5.74, 6) is 1.55. The number of ether oxygens (including phenoxy) is 1. The molecule has 2 atom stereocenters. The molecule has 0 aliphatic rings. The van der Waals surface area contributed by atoms with Crippen molar-refractivity contribution < 1.29 is 4.74 Å². The normalized spacial score (nSPS) is 14.2. The molecule has 1 rings (SSSR count). The summed E-state index contributed by atoms with van der Waals surface area (Å²) in [5.41, 5.74) is 8.01. The number of nitrogens with two attached hydrogens (primary N) is 1. The van der Waals surface area contributed by atoms with Crippen LogP contribution in [0.2, 0.25) is 5.02 Å². The van der Waals surface area contributed by atoms with Crippen molar-refractivity contribution >= 4 is 28.8 Å². The van der Waals surface area contributed by atoms with Gasteiger partial charge in [0, 0.05) is 10.9 Å². The first-order chi connectivity index (χ1) is 9.29. The summed E-state index contributed by atoms with van der Waals surface area (Å²) in [6, 6.07) is 3.96. The number of thiocarbonyl (C=S) groups is 1. The molecule has 0 heterocycles. The molecular formula is C16H24ClNOS. The van der Waals surface area contributed by atoms with Gasteiger partial charge in [0.05, 0.1) is 11.6 Å². The van der Waals surface area contributed by atoms with Crippen LogP contribution in [0.15, 0.2) is 12.1 Å². The Hall–Kier alpha value is -0.800. The van der Waals surface area contributed by atoms with Gasteiger partial charge in [-0.1, -0.05) is 51.5 Å². The highest BCUT2D eigenvalue weighted by molar-refractivity contribution is 7.80. The lowest BCUT2D eigenvalue weighted by molar-refractivity contribution is 0.328. The van der Waals surface area contributed by atoms with Crippen LogP contribution < -0.4 is 10.5 Å². The van der Waals surface area contributed by atoms with E-state index in [4.69, 9.17) is 34.3 Å². The summed E-state index contributed by atoms with van der Waals surface area (Å²) in [5, 5.41) is 0.731. The Balaban J connectivity index is 3.39. The molecular weight excluding hydrogens is 290 g/mol. The lowest BCUT2D eigenvalue weighted by atomic mass is 9.85. The Kier molecular flexibility index (Phi) is 6.28. The van der Waals surface area contributed by atoms with E-state index in [1.54, 1.807) is 0 Å². The molecule has 0 bridgehead atoms. The van der Waals surface area contributed by atoms with Gasteiger partial charge in [0.2, 0.25) is 0 Å². The van der Waals surface area contributed by atoms with Crippen molar-refractivity contribution in [2.75, 3.05) is 6.61 Å². The minimum atomic E-state index is 0.0997. The molecule has 0 aromatic heterocycles. The molecule has 4 heteroatoms. The van der Waals surface area contributed by atoms with Gasteiger partial charge in [-0.3, -0.25) is 0 Å². The summed E-state index contributed by atoms with van der Waals surface area (Å²) in [4.78, 5) is 0.519. The summed E-state index contributed by atoms with van der Waals surface area (Å²) in [7, 11) is 0. The SMILES string of the molecule is CCOc1c(C(C)C)cc(Cl)cc1C(C)C(C)C(N)=S. The molecule has 0 fully saturated rings. The molecule has 0 saturated heterocycles. The average Bonchev–Trinajstić information content (AvgIpc) is 2.38. The zero-order valence-electron chi connectivity index (χ0n) is 12.9. The highest BCUT2D eigenvalue weighted by atomic mass is 35.5. The van der Waals surface area contributed by atoms with Gasteiger partial charge in [-0.25, -0.2) is 0 Å². The summed E-state index contributed by atoms with van der Waals surface area (Å²) in [6.07, 6.45) is 0. The van der Waals surface area contributed by atoms with Crippen LogP contribution in [0.25, 0.3) is 0 Å². The maximum absolute atomic E-state index is 6.27. The quantitative estimate of drug-likeness (QED) is 0.760. The molecule has 2 N–H and O–H groups in total. The van der Waals surface area contributed by atoms with Gasteiger partial charge >= 0.3 is 0 Å². The van der Waals surface area contributed by atoms with Crippen LogP contribution in [-0.4, -0.2) is 11.6 Å². The van der Waals surface area contributed by atoms with Crippen LogP contribution in [0.3, 0.4) is 0 Å². The van der Waals surface area contributed by atoms with E-state index in [9.17, 15) is 0 Å². The van der Waals surface area contributed by atoms with Crippen molar-refractivity contribution in [3.8, 4) is 5.75 Å². The number of halogens is 1. The lowest BCUT2D eigenvalue weighted by Crippen LogP contribution is -2.23. The van der Waals surface area contributed by atoms with Crippen molar-refractivity contribution in [3.05, 3.63) is 28.3 Å². The van der Waals surface area contributed by atoms with Gasteiger partial charge in [-0.2, -0.15) is 0 Å². The zero-order valence-corrected chi connectivity index (χ0v) is 14.4. The third kappa shape index (κ3) is 3.86. The minimum absolute atomic E-state index is 0.0997. The van der Waals surface area contributed by atoms with Crippen molar-refractivity contribution in [2.24, 2.45) is 11.7 Å². The maximum atomic E-state index is 6.27. The first-order valence-corrected chi connectivity index (χ1v) is 7.83. The Morgan fingerprint density at radius 1 is 1.25 bits per heavy atom. The van der Waals surface area contributed by atoms with E-state index in [0.717, 1.165) is 21.9 Å². The van der Waals surface area contributed by atoms with E-state index in [1.807, 2.05) is 26.0 Å². The van der Waals surface area contributed by atoms with Gasteiger partial charge < -0.3 is 10.5 Å². The summed E-state index contributed by atoms with van der Waals surface area (Å²) in [6.45, 7) is 11.0. The van der Waals surface area contributed by atoms with Crippen LogP contribution in [0.5, 0.6) is 5.75 Å². The first kappa shape index (κ1) is 17.3. The second-order valence-electron chi connectivity index (χ2n) is 5.48. The molecule has 0 aliphatic carbocycles. The Bertz CT molecular complexity index is 488. The molecule has 2 nitrogen and oxygen atoms in total. The maximum Gasteiger partial charge on any atom is 0.126 e. The van der Waals surface area contributed by atoms with Crippen molar-refractivity contribution in [2.45, 2.75) is 46.5 Å². The second-order valence-corrected chi connectivity index (χ2v) is 6.39. The molecule has 1 aromatic rings. The Morgan fingerprint density at radius 2 is 1.80 bits per heavy atom. The van der Waals surface area contributed by atoms with Crippen LogP contribution in [0.1, 0.15) is 57.6 Å². The molecule has 0 spiro atoms. The smallest absolute Gasteiger partial charge is 0.126 e. The predicted octanol–water partition coefficient (Wildman–Crippen LogP) is 4.89. The Morgan fingerprint density at radius 3 is 2.25 bits per heavy atom. The topological polar surface area (TPSA) is 35.2 Å². The first-order valence-electron chi connectivity index (χ1n) is 7.05. The molecule has 0 radical (unpaired) electrons. The van der Waals surface area contributed by atoms with Gasteiger partial charge in [-0.15, -0.1) is 0 Å². The molecule has 20 heavy (non-hydrogen) atoms. The highest BCUT2D eigenvalue weighted by Gasteiger charge is 2.23. The fraction of sp³-hybridized carbons (Fsp3) is 0.562. The summed E-state index contributed by atoms with van der Waals surface area (Å²) < 4.78 is 5.89. The molecule has 1 aromatic carbocycles. The number of hydrogen-bond donors (Lipinski definition) is 1. The zero-order chi connectivity index (χ0) is 15.4. The third-order valence-corrected chi connectivity index (χ3v) is 4.30. The highest BCUT2D eigenvalue weighted by Crippen LogP contribution is 2.39. The predicted molar refractivity (Wildman–Crippen MR) is 91.1 cm³/mol. The second kappa shape index (κ2) is 7.28. The van der Waals surface area contributed by atoms with E-state index in [2.05, 4.69) is 20.8 Å². The van der Waals surface area contributed by atoms with Crippen LogP contribution in [0.4, 0.5) is 0 Å². The van der Waals surface area contributed by atoms with Crippen molar-refractivity contribution in [3.63, 3.8) is 0 Å². The average molecular weight is 314 g/mol. The molecule has 112 valence electrons.